The predicted molar refractivity (Wildman–Crippen MR) is 148 cm³/mol. The van der Waals surface area contributed by atoms with Gasteiger partial charge in [-0.2, -0.15) is 13.2 Å². The number of pyridine rings is 1. The van der Waals surface area contributed by atoms with E-state index in [4.69, 9.17) is 9.84 Å². The number of rotatable bonds is 8. The van der Waals surface area contributed by atoms with Gasteiger partial charge in [-0.25, -0.2) is 0 Å². The van der Waals surface area contributed by atoms with E-state index in [1.165, 1.54) is 6.07 Å². The lowest BCUT2D eigenvalue weighted by Crippen LogP contribution is -2.07. The van der Waals surface area contributed by atoms with Gasteiger partial charge in [-0.15, -0.1) is 0 Å². The minimum atomic E-state index is -4.51. The molecule has 5 aromatic rings. The van der Waals surface area contributed by atoms with Crippen LogP contribution in [0.1, 0.15) is 33.4 Å². The van der Waals surface area contributed by atoms with Gasteiger partial charge in [0.05, 0.1) is 11.1 Å². The van der Waals surface area contributed by atoms with Gasteiger partial charge in [-0.3, -0.25) is 4.98 Å². The maximum atomic E-state index is 13.9. The van der Waals surface area contributed by atoms with Crippen LogP contribution in [0.4, 0.5) is 13.2 Å². The lowest BCUT2D eigenvalue weighted by molar-refractivity contribution is -0.136. The maximum absolute atomic E-state index is 13.9. The average molecular weight is 528 g/mol. The third-order valence-corrected chi connectivity index (χ3v) is 6.88. The Morgan fingerprint density at radius 3 is 2.31 bits per heavy atom. The molecule has 1 aromatic heterocycles. The number of hydrogen-bond donors (Lipinski definition) is 1. The zero-order chi connectivity index (χ0) is 27.4. The number of halogens is 3. The van der Waals surface area contributed by atoms with Crippen molar-refractivity contribution in [3.63, 3.8) is 0 Å². The molecule has 5 rings (SSSR count). The molecular weight excluding hydrogens is 499 g/mol. The van der Waals surface area contributed by atoms with E-state index >= 15 is 0 Å². The maximum Gasteiger partial charge on any atom is 0.418 e. The SMILES string of the molecule is Cc1ccccc1Cc1cnc2c(C(F)(F)F)cccc2c1-c1cccc(OCc2ccc(CCO)cc2)c1. The van der Waals surface area contributed by atoms with E-state index in [0.717, 1.165) is 39.4 Å². The summed E-state index contributed by atoms with van der Waals surface area (Å²) in [5, 5.41) is 9.56. The van der Waals surface area contributed by atoms with Crippen LogP contribution < -0.4 is 4.74 Å². The Balaban J connectivity index is 1.55. The first-order valence-electron chi connectivity index (χ1n) is 12.8. The Labute approximate surface area is 225 Å². The summed E-state index contributed by atoms with van der Waals surface area (Å²) >= 11 is 0. The molecule has 0 unspecified atom stereocenters. The molecule has 6 heteroatoms. The molecule has 1 N–H and O–H groups in total. The van der Waals surface area contributed by atoms with Crippen LogP contribution in [0, 0.1) is 6.92 Å². The van der Waals surface area contributed by atoms with Gasteiger partial charge in [0.1, 0.15) is 12.4 Å². The van der Waals surface area contributed by atoms with E-state index in [0.29, 0.717) is 36.1 Å². The number of ether oxygens (including phenoxy) is 1. The highest BCUT2D eigenvalue weighted by Gasteiger charge is 2.33. The van der Waals surface area contributed by atoms with E-state index in [9.17, 15) is 13.2 Å². The van der Waals surface area contributed by atoms with Crippen molar-refractivity contribution in [1.82, 2.24) is 4.98 Å². The second-order valence-electron chi connectivity index (χ2n) is 9.57. The van der Waals surface area contributed by atoms with Crippen molar-refractivity contribution in [2.45, 2.75) is 32.5 Å². The Kier molecular flexibility index (Phi) is 7.66. The molecule has 0 spiro atoms. The Morgan fingerprint density at radius 1 is 0.821 bits per heavy atom. The van der Waals surface area contributed by atoms with Crippen LogP contribution in [0.5, 0.6) is 5.75 Å². The van der Waals surface area contributed by atoms with Crippen LogP contribution in [0.3, 0.4) is 0 Å². The molecule has 0 fully saturated rings. The number of aliphatic hydroxyl groups excluding tert-OH is 1. The number of fused-ring (bicyclic) bond motifs is 1. The molecule has 0 atom stereocenters. The standard InChI is InChI=1S/C33H28F3NO2/c1-22-6-2-3-7-25(22)18-27-20-37-32-29(10-5-11-30(32)33(34,35)36)31(27)26-8-4-9-28(19-26)39-21-24-14-12-23(13-15-24)16-17-38/h2-15,19-20,38H,16-18,21H2,1H3. The smallest absolute Gasteiger partial charge is 0.418 e. The zero-order valence-corrected chi connectivity index (χ0v) is 21.5. The van der Waals surface area contributed by atoms with Crippen molar-refractivity contribution in [1.29, 1.82) is 0 Å². The minimum Gasteiger partial charge on any atom is -0.489 e. The van der Waals surface area contributed by atoms with Crippen LogP contribution in [-0.2, 0) is 25.6 Å². The van der Waals surface area contributed by atoms with Crippen molar-refractivity contribution in [3.8, 4) is 16.9 Å². The highest BCUT2D eigenvalue weighted by Crippen LogP contribution is 2.39. The van der Waals surface area contributed by atoms with Gasteiger partial charge in [-0.05, 0) is 76.9 Å². The topological polar surface area (TPSA) is 42.4 Å². The third kappa shape index (κ3) is 5.96. The fourth-order valence-electron chi connectivity index (χ4n) is 4.82. The highest BCUT2D eigenvalue weighted by atomic mass is 19.4. The van der Waals surface area contributed by atoms with E-state index in [1.54, 1.807) is 12.3 Å². The second kappa shape index (κ2) is 11.3. The van der Waals surface area contributed by atoms with Gasteiger partial charge >= 0.3 is 6.18 Å². The van der Waals surface area contributed by atoms with E-state index in [2.05, 4.69) is 4.98 Å². The summed E-state index contributed by atoms with van der Waals surface area (Å²) in [6, 6.07) is 27.5. The van der Waals surface area contributed by atoms with Gasteiger partial charge in [0.25, 0.3) is 0 Å². The number of aryl methyl sites for hydroxylation is 1. The molecule has 3 nitrogen and oxygen atoms in total. The van der Waals surface area contributed by atoms with Crippen LogP contribution in [0.15, 0.2) is 97.2 Å². The summed E-state index contributed by atoms with van der Waals surface area (Å²) in [6.45, 7) is 2.47. The molecule has 1 heterocycles. The van der Waals surface area contributed by atoms with Crippen LogP contribution in [0.2, 0.25) is 0 Å². The third-order valence-electron chi connectivity index (χ3n) is 6.88. The molecule has 39 heavy (non-hydrogen) atoms. The van der Waals surface area contributed by atoms with E-state index in [-0.39, 0.29) is 12.1 Å². The highest BCUT2D eigenvalue weighted by molar-refractivity contribution is 5.98. The molecule has 198 valence electrons. The number of para-hydroxylation sites is 1. The molecule has 0 bridgehead atoms. The fourth-order valence-corrected chi connectivity index (χ4v) is 4.82. The second-order valence-corrected chi connectivity index (χ2v) is 9.57. The molecule has 4 aromatic carbocycles. The number of hydrogen-bond acceptors (Lipinski definition) is 3. The molecule has 0 aliphatic carbocycles. The molecule has 0 aliphatic rings. The predicted octanol–water partition coefficient (Wildman–Crippen LogP) is 7.93. The monoisotopic (exact) mass is 527 g/mol. The molecule has 0 saturated carbocycles. The number of alkyl halides is 3. The summed E-state index contributed by atoms with van der Waals surface area (Å²) in [4.78, 5) is 4.31. The van der Waals surface area contributed by atoms with Crippen molar-refractivity contribution < 1.29 is 23.0 Å². The summed E-state index contributed by atoms with van der Waals surface area (Å²) in [7, 11) is 0. The van der Waals surface area contributed by atoms with E-state index < -0.39 is 11.7 Å². The number of aliphatic hydroxyl groups is 1. The summed E-state index contributed by atoms with van der Waals surface area (Å²) in [5.41, 5.74) is 5.72. The van der Waals surface area contributed by atoms with E-state index in [1.807, 2.05) is 79.7 Å². The lowest BCUT2D eigenvalue weighted by atomic mass is 9.91. The largest absolute Gasteiger partial charge is 0.489 e. The Hall–Kier alpha value is -4.16. The lowest BCUT2D eigenvalue weighted by Gasteiger charge is -2.17. The normalized spacial score (nSPS) is 11.6. The first-order valence-corrected chi connectivity index (χ1v) is 12.8. The summed E-state index contributed by atoms with van der Waals surface area (Å²) < 4.78 is 47.7. The number of aromatic nitrogens is 1. The van der Waals surface area contributed by atoms with Crippen molar-refractivity contribution in [3.05, 3.63) is 131 Å². The van der Waals surface area contributed by atoms with Crippen molar-refractivity contribution in [2.75, 3.05) is 6.61 Å². The van der Waals surface area contributed by atoms with Gasteiger partial charge in [-0.1, -0.05) is 72.8 Å². The molecule has 0 saturated heterocycles. The van der Waals surface area contributed by atoms with Crippen molar-refractivity contribution >= 4 is 10.9 Å². The molecular formula is C33H28F3NO2. The molecule has 0 amide bonds. The first kappa shape index (κ1) is 26.4. The van der Waals surface area contributed by atoms with Gasteiger partial charge < -0.3 is 9.84 Å². The van der Waals surface area contributed by atoms with Crippen LogP contribution >= 0.6 is 0 Å². The van der Waals surface area contributed by atoms with Crippen molar-refractivity contribution in [2.24, 2.45) is 0 Å². The number of benzene rings is 4. The Bertz CT molecular complexity index is 1590. The van der Waals surface area contributed by atoms with Gasteiger partial charge in [0.15, 0.2) is 0 Å². The molecule has 0 radical (unpaired) electrons. The van der Waals surface area contributed by atoms with Gasteiger partial charge in [0.2, 0.25) is 0 Å². The zero-order valence-electron chi connectivity index (χ0n) is 21.5. The van der Waals surface area contributed by atoms with Crippen LogP contribution in [0.25, 0.3) is 22.0 Å². The average Bonchev–Trinajstić information content (AvgIpc) is 2.93. The molecule has 0 aliphatic heterocycles. The quantitative estimate of drug-likeness (QED) is 0.223. The minimum absolute atomic E-state index is 0.0668. The summed E-state index contributed by atoms with van der Waals surface area (Å²) in [5.74, 6) is 0.616. The van der Waals surface area contributed by atoms with Crippen LogP contribution in [-0.4, -0.2) is 16.7 Å². The number of nitrogens with zero attached hydrogens (tertiary/aromatic N) is 1. The Morgan fingerprint density at radius 2 is 1.56 bits per heavy atom. The first-order chi connectivity index (χ1) is 18.8. The summed E-state index contributed by atoms with van der Waals surface area (Å²) in [6.07, 6.45) is -1.81. The fraction of sp³-hybridized carbons (Fsp3) is 0.182. The van der Waals surface area contributed by atoms with Gasteiger partial charge in [0, 0.05) is 18.2 Å².